The fourth-order valence-electron chi connectivity index (χ4n) is 2.46. The Labute approximate surface area is 167 Å². The number of carbonyl (C=O) groups is 1. The fraction of sp³-hybridized carbons (Fsp3) is 0.0500. The van der Waals surface area contributed by atoms with Gasteiger partial charge in [0, 0.05) is 6.20 Å². The topological polar surface area (TPSA) is 91.7 Å². The summed E-state index contributed by atoms with van der Waals surface area (Å²) < 4.78 is 41.1. The van der Waals surface area contributed by atoms with E-state index in [0.717, 1.165) is 6.07 Å². The van der Waals surface area contributed by atoms with Crippen LogP contribution < -0.4 is 9.73 Å². The average Bonchev–Trinajstić information content (AvgIpc) is 2.74. The van der Waals surface area contributed by atoms with Crippen LogP contribution in [0.3, 0.4) is 0 Å². The van der Waals surface area contributed by atoms with Crippen molar-refractivity contribution in [2.45, 2.75) is 4.90 Å². The first-order chi connectivity index (χ1) is 14.0. The third-order valence-corrected chi connectivity index (χ3v) is 5.59. The highest BCUT2D eigenvalue weighted by molar-refractivity contribution is 7.92. The number of nitrogens with one attached hydrogen (secondary N) is 1. The number of sulfonamides is 1. The number of amides is 1. The minimum atomic E-state index is -4.18. The average molecular weight is 412 g/mol. The molecule has 0 unspecified atom stereocenters. The van der Waals surface area contributed by atoms with E-state index in [9.17, 15) is 17.6 Å². The highest BCUT2D eigenvalue weighted by Gasteiger charge is 2.28. The van der Waals surface area contributed by atoms with E-state index in [-0.39, 0.29) is 10.6 Å². The van der Waals surface area contributed by atoms with Crippen LogP contribution in [-0.4, -0.2) is 32.1 Å². The van der Waals surface area contributed by atoms with E-state index in [1.165, 1.54) is 36.5 Å². The van der Waals surface area contributed by atoms with E-state index in [1.54, 1.807) is 42.6 Å². The van der Waals surface area contributed by atoms with Gasteiger partial charge in [-0.15, -0.1) is 0 Å². The van der Waals surface area contributed by atoms with Crippen LogP contribution in [0.2, 0.25) is 0 Å². The molecule has 9 heteroatoms. The number of halogens is 1. The fourth-order valence-corrected chi connectivity index (χ4v) is 3.91. The van der Waals surface area contributed by atoms with E-state index in [0.29, 0.717) is 10.00 Å². The van der Waals surface area contributed by atoms with Gasteiger partial charge < -0.3 is 0 Å². The van der Waals surface area contributed by atoms with Crippen LogP contribution in [0.1, 0.15) is 5.69 Å². The Morgan fingerprint density at radius 3 is 2.41 bits per heavy atom. The second-order valence-corrected chi connectivity index (χ2v) is 7.69. The highest BCUT2D eigenvalue weighted by Crippen LogP contribution is 2.25. The van der Waals surface area contributed by atoms with Crippen LogP contribution in [0.5, 0.6) is 0 Å². The van der Waals surface area contributed by atoms with Gasteiger partial charge in [0.2, 0.25) is 0 Å². The van der Waals surface area contributed by atoms with E-state index in [1.807, 2.05) is 0 Å². The lowest BCUT2D eigenvalue weighted by atomic mass is 10.3. The summed E-state index contributed by atoms with van der Waals surface area (Å²) in [6.07, 6.45) is 2.88. The van der Waals surface area contributed by atoms with Crippen LogP contribution in [0.25, 0.3) is 0 Å². The molecule has 0 radical (unpaired) electrons. The molecule has 0 aliphatic heterocycles. The molecule has 1 amide bonds. The van der Waals surface area contributed by atoms with Crippen molar-refractivity contribution in [3.05, 3.63) is 90.5 Å². The Bertz CT molecular complexity index is 1110. The molecular weight excluding hydrogens is 395 g/mol. The van der Waals surface area contributed by atoms with Crippen LogP contribution in [0.15, 0.2) is 89.0 Å². The molecule has 0 bridgehead atoms. The molecule has 1 N–H and O–H groups in total. The van der Waals surface area contributed by atoms with Crippen LogP contribution in [0.4, 0.5) is 10.1 Å². The molecule has 1 heterocycles. The van der Waals surface area contributed by atoms with E-state index in [2.05, 4.69) is 15.5 Å². The number of pyridine rings is 1. The van der Waals surface area contributed by atoms with Gasteiger partial charge in [-0.25, -0.2) is 18.2 Å². The number of hydrazone groups is 1. The molecule has 0 saturated carbocycles. The largest absolute Gasteiger partial charge is 0.271 e. The highest BCUT2D eigenvalue weighted by atomic mass is 32.2. The normalized spacial score (nSPS) is 11.3. The van der Waals surface area contributed by atoms with E-state index < -0.39 is 28.3 Å². The Morgan fingerprint density at radius 2 is 1.72 bits per heavy atom. The van der Waals surface area contributed by atoms with Crippen molar-refractivity contribution in [1.29, 1.82) is 0 Å². The summed E-state index contributed by atoms with van der Waals surface area (Å²) in [5, 5.41) is 3.76. The number of hydrogen-bond acceptors (Lipinski definition) is 5. The van der Waals surface area contributed by atoms with Gasteiger partial charge in [0.1, 0.15) is 12.4 Å². The van der Waals surface area contributed by atoms with Gasteiger partial charge in [-0.2, -0.15) is 5.10 Å². The number of hydrogen-bond donors (Lipinski definition) is 1. The number of nitrogens with zero attached hydrogens (tertiary/aromatic N) is 3. The smallest absolute Gasteiger partial charge is 0.264 e. The Balaban J connectivity index is 1.85. The molecule has 0 spiro atoms. The Kier molecular flexibility index (Phi) is 6.30. The maximum Gasteiger partial charge on any atom is 0.264 e. The molecular formula is C20H17FN4O3S. The number of anilines is 1. The lowest BCUT2D eigenvalue weighted by Crippen LogP contribution is -2.40. The molecule has 1 aromatic heterocycles. The Morgan fingerprint density at radius 1 is 1.03 bits per heavy atom. The quantitative estimate of drug-likeness (QED) is 0.477. The minimum absolute atomic E-state index is 0.0620. The van der Waals surface area contributed by atoms with Crippen molar-refractivity contribution in [3.8, 4) is 0 Å². The summed E-state index contributed by atoms with van der Waals surface area (Å²) in [5.41, 5.74) is 2.51. The van der Waals surface area contributed by atoms with Crippen LogP contribution in [0, 0.1) is 5.82 Å². The maximum atomic E-state index is 14.3. The van der Waals surface area contributed by atoms with Crippen molar-refractivity contribution in [3.63, 3.8) is 0 Å². The first-order valence-electron chi connectivity index (χ1n) is 8.54. The number of rotatable bonds is 7. The van der Waals surface area contributed by atoms with Gasteiger partial charge in [0.25, 0.3) is 15.9 Å². The van der Waals surface area contributed by atoms with Gasteiger partial charge in [-0.05, 0) is 36.4 Å². The molecule has 3 rings (SSSR count). The zero-order valence-electron chi connectivity index (χ0n) is 15.1. The summed E-state index contributed by atoms with van der Waals surface area (Å²) in [5.74, 6) is -1.50. The number of carbonyl (C=O) groups excluding carboxylic acids is 1. The third-order valence-electron chi connectivity index (χ3n) is 3.81. The lowest BCUT2D eigenvalue weighted by Gasteiger charge is -2.24. The van der Waals surface area contributed by atoms with Crippen molar-refractivity contribution in [1.82, 2.24) is 10.4 Å². The monoisotopic (exact) mass is 412 g/mol. The van der Waals surface area contributed by atoms with Crippen molar-refractivity contribution in [2.24, 2.45) is 5.10 Å². The van der Waals surface area contributed by atoms with Gasteiger partial charge in [0.05, 0.1) is 22.5 Å². The summed E-state index contributed by atoms with van der Waals surface area (Å²) in [7, 11) is -4.18. The van der Waals surface area contributed by atoms with Gasteiger partial charge >= 0.3 is 0 Å². The summed E-state index contributed by atoms with van der Waals surface area (Å²) in [4.78, 5) is 16.3. The molecule has 29 heavy (non-hydrogen) atoms. The van der Waals surface area contributed by atoms with Crippen molar-refractivity contribution < 1.29 is 17.6 Å². The second-order valence-electron chi connectivity index (χ2n) is 5.82. The molecule has 0 atom stereocenters. The second kappa shape index (κ2) is 9.07. The number of benzene rings is 2. The van der Waals surface area contributed by atoms with Crippen molar-refractivity contribution in [2.75, 3.05) is 10.8 Å². The standard InChI is InChI=1S/C20H17FN4O3S/c21-18-11-4-5-12-19(18)25(29(27,28)17-9-2-1-3-10-17)15-20(26)24-23-14-16-8-6-7-13-22-16/h1-14H,15H2,(H,24,26)/b23-14-. The van der Waals surface area contributed by atoms with E-state index in [4.69, 9.17) is 0 Å². The molecule has 3 aromatic rings. The molecule has 0 saturated heterocycles. The lowest BCUT2D eigenvalue weighted by molar-refractivity contribution is -0.119. The van der Waals surface area contributed by atoms with E-state index >= 15 is 0 Å². The SMILES string of the molecule is O=C(CN(c1ccccc1F)S(=O)(=O)c1ccccc1)N/N=C\c1ccccn1. The van der Waals surface area contributed by atoms with Crippen molar-refractivity contribution >= 4 is 27.8 Å². The molecule has 2 aromatic carbocycles. The first-order valence-corrected chi connectivity index (χ1v) is 9.98. The number of aromatic nitrogens is 1. The maximum absolute atomic E-state index is 14.3. The third kappa shape index (κ3) is 5.02. The number of para-hydroxylation sites is 1. The molecule has 0 aliphatic rings. The van der Waals surface area contributed by atoms with Crippen LogP contribution >= 0.6 is 0 Å². The van der Waals surface area contributed by atoms with Crippen LogP contribution in [-0.2, 0) is 14.8 Å². The predicted molar refractivity (Wildman–Crippen MR) is 107 cm³/mol. The first kappa shape index (κ1) is 20.2. The van der Waals surface area contributed by atoms with Gasteiger partial charge in [-0.3, -0.25) is 14.1 Å². The molecule has 148 valence electrons. The Hall–Kier alpha value is -3.59. The van der Waals surface area contributed by atoms with Gasteiger partial charge in [0.15, 0.2) is 0 Å². The summed E-state index contributed by atoms with van der Waals surface area (Å²) >= 11 is 0. The molecule has 0 aliphatic carbocycles. The zero-order chi connectivity index (χ0) is 20.7. The summed E-state index contributed by atoms with van der Waals surface area (Å²) in [6.45, 7) is -0.655. The predicted octanol–water partition coefficient (Wildman–Crippen LogP) is 2.57. The zero-order valence-corrected chi connectivity index (χ0v) is 16.0. The summed E-state index contributed by atoms with van der Waals surface area (Å²) in [6, 6.07) is 18.0. The molecule has 7 nitrogen and oxygen atoms in total. The van der Waals surface area contributed by atoms with Gasteiger partial charge in [-0.1, -0.05) is 36.4 Å². The molecule has 0 fully saturated rings. The minimum Gasteiger partial charge on any atom is -0.271 e.